The molecule has 0 saturated heterocycles. The number of unbranched alkanes of at least 4 members (excludes halogenated alkanes) is 13. The van der Waals surface area contributed by atoms with Gasteiger partial charge in [0.1, 0.15) is 6.54 Å². The third-order valence-electron chi connectivity index (χ3n) is 6.03. The van der Waals surface area contributed by atoms with Crippen molar-refractivity contribution in [2.24, 2.45) is 0 Å². The van der Waals surface area contributed by atoms with Crippen LogP contribution in [0.15, 0.2) is 24.3 Å². The van der Waals surface area contributed by atoms with Crippen LogP contribution in [0.4, 0.5) is 0 Å². The van der Waals surface area contributed by atoms with E-state index in [2.05, 4.69) is 31.2 Å². The van der Waals surface area contributed by atoms with Crippen LogP contribution in [0, 0.1) is 0 Å². The molecule has 33 heavy (non-hydrogen) atoms. The minimum Gasteiger partial charge on any atom is -0.373 e. The summed E-state index contributed by atoms with van der Waals surface area (Å²) in [5.41, 5.74) is 0. The zero-order chi connectivity index (χ0) is 25.1. The fourth-order valence-corrected chi connectivity index (χ4v) is 5.22. The molecule has 3 N–H and O–H groups in total. The molecule has 0 aromatic carbocycles. The predicted octanol–water partition coefficient (Wildman–Crippen LogP) is 7.32. The summed E-state index contributed by atoms with van der Waals surface area (Å²) in [5, 5.41) is 8.62. The van der Waals surface area contributed by atoms with E-state index in [1.807, 2.05) is 21.1 Å². The second kappa shape index (κ2) is 18.8. The van der Waals surface area contributed by atoms with Gasteiger partial charge < -0.3 is 19.4 Å². The predicted molar refractivity (Wildman–Crippen MR) is 142 cm³/mol. The van der Waals surface area contributed by atoms with Crippen molar-refractivity contribution in [2.75, 3.05) is 27.7 Å². The molecule has 5 nitrogen and oxygen atoms in total. The Morgan fingerprint density at radius 2 is 1.06 bits per heavy atom. The number of quaternary nitrogens is 1. The average Bonchev–Trinajstić information content (AvgIpc) is 2.70. The van der Waals surface area contributed by atoms with Gasteiger partial charge in [0.15, 0.2) is 0 Å². The van der Waals surface area contributed by atoms with Crippen LogP contribution in [0.3, 0.4) is 0 Å². The average molecular weight is 489 g/mol. The van der Waals surface area contributed by atoms with E-state index in [9.17, 15) is 19.5 Å². The fraction of sp³-hybridized carbons (Fsp3) is 0.852. The summed E-state index contributed by atoms with van der Waals surface area (Å²) in [6.07, 6.45) is 28.4. The first kappa shape index (κ1) is 32.5. The van der Waals surface area contributed by atoms with E-state index in [1.165, 1.54) is 51.4 Å². The van der Waals surface area contributed by atoms with E-state index in [-0.39, 0.29) is 13.0 Å². The molecule has 0 heterocycles. The summed E-state index contributed by atoms with van der Waals surface area (Å²) in [6.45, 7) is 2.32. The van der Waals surface area contributed by atoms with Crippen molar-refractivity contribution in [2.45, 2.75) is 121 Å². The van der Waals surface area contributed by atoms with Gasteiger partial charge in [-0.1, -0.05) is 89.0 Å². The molecule has 0 aliphatic rings. The zero-order valence-electron chi connectivity index (χ0n) is 22.2. The van der Waals surface area contributed by atoms with E-state index in [4.69, 9.17) is 0 Å². The molecule has 0 aromatic heterocycles. The summed E-state index contributed by atoms with van der Waals surface area (Å²) in [5.74, 6) is 0. The normalized spacial score (nSPS) is 15.0. The van der Waals surface area contributed by atoms with Gasteiger partial charge in [-0.15, -0.1) is 0 Å². The van der Waals surface area contributed by atoms with Crippen LogP contribution in [0.1, 0.15) is 116 Å². The molecular formula is C27H55NO4P+. The first-order valence-electron chi connectivity index (χ1n) is 13.4. The largest absolute Gasteiger partial charge is 0.373 e. The highest BCUT2D eigenvalue weighted by Gasteiger charge is 2.48. The first-order valence-corrected chi connectivity index (χ1v) is 15.0. The summed E-state index contributed by atoms with van der Waals surface area (Å²) in [7, 11) is 0.952. The van der Waals surface area contributed by atoms with Crippen molar-refractivity contribution >= 4 is 7.60 Å². The molecule has 0 saturated carbocycles. The molecule has 0 aliphatic carbocycles. The van der Waals surface area contributed by atoms with E-state index < -0.39 is 12.9 Å². The number of nitrogens with zero attached hydrogens (tertiary/aromatic N) is 1. The van der Waals surface area contributed by atoms with Crippen LogP contribution in [0.2, 0.25) is 0 Å². The number of likely N-dealkylation sites (N-methyl/N-ethyl adjacent to an activating group) is 1. The molecule has 0 fully saturated rings. The molecule has 0 aliphatic heterocycles. The highest BCUT2D eigenvalue weighted by molar-refractivity contribution is 7.53. The topological polar surface area (TPSA) is 77.8 Å². The lowest BCUT2D eigenvalue weighted by Gasteiger charge is -2.35. The maximum atomic E-state index is 11.8. The number of aliphatic hydroxyl groups is 1. The molecule has 0 bridgehead atoms. The van der Waals surface area contributed by atoms with Crippen LogP contribution >= 0.6 is 7.60 Å². The first-order chi connectivity index (χ1) is 15.5. The fourth-order valence-electron chi connectivity index (χ4n) is 4.16. The van der Waals surface area contributed by atoms with Gasteiger partial charge in [-0.05, 0) is 51.4 Å². The summed E-state index contributed by atoms with van der Waals surface area (Å²) < 4.78 is 12.1. The minimum absolute atomic E-state index is 0.0520. The molecule has 0 spiro atoms. The Labute approximate surface area is 205 Å². The Hall–Kier alpha value is -0.450. The standard InChI is InChI=1S/C27H54NO4P/c1-5-6-7-8-9-10-11-12-13-14-15-16-17-18-19-20-21-22-23-24-25-27(29,33(30,31)32)26-28(2,3)4/h13-14,17-18,29H,5-12,15-16,19-26H2,1-4H3,(H-,30,31,32)/p+1/b14-13-,18-17-. The van der Waals surface area contributed by atoms with Crippen molar-refractivity contribution in [3.63, 3.8) is 0 Å². The molecule has 0 amide bonds. The Morgan fingerprint density at radius 3 is 1.48 bits per heavy atom. The van der Waals surface area contributed by atoms with E-state index >= 15 is 0 Å². The maximum Gasteiger partial charge on any atom is 0.362 e. The zero-order valence-corrected chi connectivity index (χ0v) is 23.1. The molecule has 196 valence electrons. The number of hydrogen-bond donors (Lipinski definition) is 3. The Balaban J connectivity index is 3.67. The Kier molecular flexibility index (Phi) is 18.6. The highest BCUT2D eigenvalue weighted by Crippen LogP contribution is 2.52. The quantitative estimate of drug-likeness (QED) is 0.0645. The van der Waals surface area contributed by atoms with Gasteiger partial charge in [-0.3, -0.25) is 4.57 Å². The lowest BCUT2D eigenvalue weighted by molar-refractivity contribution is -0.875. The monoisotopic (exact) mass is 488 g/mol. The minimum atomic E-state index is -4.55. The van der Waals surface area contributed by atoms with Gasteiger partial charge in [-0.2, -0.15) is 0 Å². The molecule has 0 rings (SSSR count). The van der Waals surface area contributed by atoms with Gasteiger partial charge >= 0.3 is 7.60 Å². The molecule has 1 atom stereocenters. The summed E-state index contributed by atoms with van der Waals surface area (Å²) in [4.78, 5) is 19.2. The van der Waals surface area contributed by atoms with Gasteiger partial charge in [0.05, 0.1) is 21.1 Å². The number of rotatable bonds is 22. The van der Waals surface area contributed by atoms with Crippen molar-refractivity contribution in [3.05, 3.63) is 24.3 Å². The smallest absolute Gasteiger partial charge is 0.362 e. The van der Waals surface area contributed by atoms with E-state index in [0.29, 0.717) is 10.9 Å². The van der Waals surface area contributed by atoms with Crippen LogP contribution in [0.5, 0.6) is 0 Å². The molecule has 0 radical (unpaired) electrons. The van der Waals surface area contributed by atoms with Gasteiger partial charge in [0.25, 0.3) is 0 Å². The van der Waals surface area contributed by atoms with Crippen LogP contribution in [0.25, 0.3) is 0 Å². The van der Waals surface area contributed by atoms with E-state index in [1.54, 1.807) is 0 Å². The van der Waals surface area contributed by atoms with Gasteiger partial charge in [-0.25, -0.2) is 0 Å². The maximum absolute atomic E-state index is 11.8. The third kappa shape index (κ3) is 19.5. The third-order valence-corrected chi connectivity index (χ3v) is 7.47. The molecule has 1 unspecified atom stereocenters. The number of hydrogen-bond acceptors (Lipinski definition) is 2. The lowest BCUT2D eigenvalue weighted by Crippen LogP contribution is -2.49. The van der Waals surface area contributed by atoms with Gasteiger partial charge in [0.2, 0.25) is 5.34 Å². The molecular weight excluding hydrogens is 433 g/mol. The summed E-state index contributed by atoms with van der Waals surface area (Å²) >= 11 is 0. The van der Waals surface area contributed by atoms with Crippen molar-refractivity contribution < 1.29 is 23.9 Å². The van der Waals surface area contributed by atoms with E-state index in [0.717, 1.165) is 44.9 Å². The van der Waals surface area contributed by atoms with Crippen molar-refractivity contribution in [1.82, 2.24) is 0 Å². The second-order valence-electron chi connectivity index (χ2n) is 10.7. The second-order valence-corrected chi connectivity index (χ2v) is 12.6. The summed E-state index contributed by atoms with van der Waals surface area (Å²) in [6, 6.07) is 0. The van der Waals surface area contributed by atoms with Crippen molar-refractivity contribution in [3.8, 4) is 0 Å². The Bertz CT molecular complexity index is 565. The van der Waals surface area contributed by atoms with Crippen LogP contribution in [-0.4, -0.2) is 52.4 Å². The Morgan fingerprint density at radius 1 is 0.667 bits per heavy atom. The van der Waals surface area contributed by atoms with Crippen molar-refractivity contribution in [1.29, 1.82) is 0 Å². The lowest BCUT2D eigenvalue weighted by atomic mass is 10.1. The van der Waals surface area contributed by atoms with Gasteiger partial charge in [0, 0.05) is 0 Å². The van der Waals surface area contributed by atoms with Crippen LogP contribution in [-0.2, 0) is 4.57 Å². The van der Waals surface area contributed by atoms with Crippen LogP contribution < -0.4 is 0 Å². The SMILES string of the molecule is CCCCCCCCC/C=C\CC/C=C\CCCCCCCC(O)(C[N+](C)(C)C)P(=O)(O)O. The molecule has 6 heteroatoms. The molecule has 0 aromatic rings. The highest BCUT2D eigenvalue weighted by atomic mass is 31.2. The number of allylic oxidation sites excluding steroid dienone is 4.